The van der Waals surface area contributed by atoms with Crippen LogP contribution in [0.15, 0.2) is 60.8 Å². The van der Waals surface area contributed by atoms with Gasteiger partial charge in [-0.05, 0) is 44.9 Å². The second kappa shape index (κ2) is 17.2. The molecule has 0 unspecified atom stereocenters. The second-order valence-electron chi connectivity index (χ2n) is 4.99. The predicted molar refractivity (Wildman–Crippen MR) is 95.9 cm³/mol. The van der Waals surface area contributed by atoms with Crippen LogP contribution in [0.5, 0.6) is 0 Å². The van der Waals surface area contributed by atoms with Gasteiger partial charge in [-0.2, -0.15) is 0 Å². The first-order valence-corrected chi connectivity index (χ1v) is 8.24. The summed E-state index contributed by atoms with van der Waals surface area (Å²) < 4.78 is 0. The summed E-state index contributed by atoms with van der Waals surface area (Å²) in [4.78, 5) is 10.3. The topological polar surface area (TPSA) is 37.3 Å². The van der Waals surface area contributed by atoms with Crippen LogP contribution in [0.25, 0.3) is 0 Å². The van der Waals surface area contributed by atoms with Crippen molar-refractivity contribution >= 4 is 5.97 Å². The van der Waals surface area contributed by atoms with Gasteiger partial charge in [0.25, 0.3) is 0 Å². The molecule has 122 valence electrons. The summed E-state index contributed by atoms with van der Waals surface area (Å²) in [7, 11) is 0. The largest absolute Gasteiger partial charge is 0.481 e. The molecule has 0 heterocycles. The highest BCUT2D eigenvalue weighted by Gasteiger charge is 1.92. The number of hydrogen-bond donors (Lipinski definition) is 1. The number of aliphatic carboxylic acids is 1. The predicted octanol–water partition coefficient (Wildman–Crippen LogP) is 5.99. The molecule has 0 saturated heterocycles. The van der Waals surface area contributed by atoms with Gasteiger partial charge in [0.2, 0.25) is 0 Å². The molecule has 0 saturated carbocycles. The first kappa shape index (κ1) is 20.2. The van der Waals surface area contributed by atoms with E-state index < -0.39 is 5.97 Å². The lowest BCUT2D eigenvalue weighted by atomic mass is 10.2. The van der Waals surface area contributed by atoms with Gasteiger partial charge in [0.1, 0.15) is 0 Å². The Kier molecular flexibility index (Phi) is 15.8. The van der Waals surface area contributed by atoms with Gasteiger partial charge in [0.15, 0.2) is 0 Å². The molecular formula is C20H30O2. The minimum atomic E-state index is -0.715. The van der Waals surface area contributed by atoms with Crippen LogP contribution >= 0.6 is 0 Å². The number of carboxylic acids is 1. The van der Waals surface area contributed by atoms with E-state index in [-0.39, 0.29) is 6.42 Å². The van der Waals surface area contributed by atoms with Crippen LogP contribution in [-0.2, 0) is 4.79 Å². The van der Waals surface area contributed by atoms with Crippen LogP contribution < -0.4 is 0 Å². The SMILES string of the molecule is CCC=CCC=CCC=CC/C=C\C/C=C\CCCC(=O)O. The summed E-state index contributed by atoms with van der Waals surface area (Å²) in [6.07, 6.45) is 28.4. The minimum absolute atomic E-state index is 0.258. The molecule has 0 spiro atoms. The third-order valence-electron chi connectivity index (χ3n) is 2.92. The number of carboxylic acid groups (broad SMARTS) is 1. The van der Waals surface area contributed by atoms with Gasteiger partial charge in [-0.3, -0.25) is 4.79 Å². The van der Waals surface area contributed by atoms with E-state index in [9.17, 15) is 4.79 Å². The standard InChI is InChI=1S/C20H30O2/c1-2-3-4-5-6-7-8-9-10-11-12-13-14-15-16-17-18-19-20(21)22/h3-4,6-7,9-10,12-13,15-16H,2,5,8,11,14,17-19H2,1H3,(H,21,22)/b4-3?,7-6?,10-9?,13-12-,16-15-. The van der Waals surface area contributed by atoms with Crippen molar-refractivity contribution in [3.8, 4) is 0 Å². The fourth-order valence-corrected chi connectivity index (χ4v) is 1.74. The van der Waals surface area contributed by atoms with E-state index >= 15 is 0 Å². The maximum atomic E-state index is 10.3. The van der Waals surface area contributed by atoms with E-state index in [0.29, 0.717) is 0 Å². The van der Waals surface area contributed by atoms with E-state index in [2.05, 4.69) is 67.7 Å². The highest BCUT2D eigenvalue weighted by Crippen LogP contribution is 1.99. The molecule has 0 rings (SSSR count). The van der Waals surface area contributed by atoms with Crippen LogP contribution in [0, 0.1) is 0 Å². The van der Waals surface area contributed by atoms with Crippen molar-refractivity contribution < 1.29 is 9.90 Å². The van der Waals surface area contributed by atoms with Crippen molar-refractivity contribution in [3.63, 3.8) is 0 Å². The fourth-order valence-electron chi connectivity index (χ4n) is 1.74. The number of carbonyl (C=O) groups is 1. The molecule has 0 aromatic carbocycles. The molecule has 22 heavy (non-hydrogen) atoms. The molecule has 0 aliphatic heterocycles. The minimum Gasteiger partial charge on any atom is -0.481 e. The first-order valence-electron chi connectivity index (χ1n) is 8.24. The lowest BCUT2D eigenvalue weighted by Crippen LogP contribution is -1.92. The Hall–Kier alpha value is -1.83. The molecule has 1 N–H and O–H groups in total. The Morgan fingerprint density at radius 2 is 1.14 bits per heavy atom. The summed E-state index contributed by atoms with van der Waals surface area (Å²) in [5, 5.41) is 8.49. The van der Waals surface area contributed by atoms with Crippen LogP contribution in [0.4, 0.5) is 0 Å². The van der Waals surface area contributed by atoms with E-state index in [1.54, 1.807) is 0 Å². The molecule has 0 aliphatic rings. The third kappa shape index (κ3) is 18.2. The molecule has 0 bridgehead atoms. The van der Waals surface area contributed by atoms with E-state index in [0.717, 1.165) is 44.9 Å². The van der Waals surface area contributed by atoms with Crippen LogP contribution in [-0.4, -0.2) is 11.1 Å². The Bertz CT molecular complexity index is 398. The fraction of sp³-hybridized carbons (Fsp3) is 0.450. The van der Waals surface area contributed by atoms with Gasteiger partial charge in [0.05, 0.1) is 0 Å². The van der Waals surface area contributed by atoms with Crippen molar-refractivity contribution in [2.24, 2.45) is 0 Å². The first-order chi connectivity index (χ1) is 10.8. The van der Waals surface area contributed by atoms with Gasteiger partial charge < -0.3 is 5.11 Å². The number of unbranched alkanes of at least 4 members (excludes halogenated alkanes) is 1. The quantitative estimate of drug-likeness (QED) is 0.335. The second-order valence-corrected chi connectivity index (χ2v) is 4.99. The van der Waals surface area contributed by atoms with Crippen molar-refractivity contribution in [3.05, 3.63) is 60.8 Å². The smallest absolute Gasteiger partial charge is 0.303 e. The normalized spacial score (nSPS) is 12.8. The Labute approximate surface area is 135 Å². The summed E-state index contributed by atoms with van der Waals surface area (Å²) in [6, 6.07) is 0. The average Bonchev–Trinajstić information content (AvgIpc) is 2.50. The number of rotatable bonds is 13. The maximum absolute atomic E-state index is 10.3. The highest BCUT2D eigenvalue weighted by molar-refractivity contribution is 5.66. The van der Waals surface area contributed by atoms with E-state index in [1.807, 2.05) is 0 Å². The molecule has 0 amide bonds. The van der Waals surface area contributed by atoms with Crippen molar-refractivity contribution in [1.82, 2.24) is 0 Å². The maximum Gasteiger partial charge on any atom is 0.303 e. The molecule has 0 aromatic heterocycles. The number of hydrogen-bond acceptors (Lipinski definition) is 1. The van der Waals surface area contributed by atoms with Crippen molar-refractivity contribution in [2.75, 3.05) is 0 Å². The molecule has 0 fully saturated rings. The third-order valence-corrected chi connectivity index (χ3v) is 2.92. The van der Waals surface area contributed by atoms with Crippen LogP contribution in [0.1, 0.15) is 58.3 Å². The Balaban J connectivity index is 3.46. The van der Waals surface area contributed by atoms with Crippen molar-refractivity contribution in [1.29, 1.82) is 0 Å². The summed E-state index contributed by atoms with van der Waals surface area (Å²) in [5.41, 5.74) is 0. The highest BCUT2D eigenvalue weighted by atomic mass is 16.4. The lowest BCUT2D eigenvalue weighted by molar-refractivity contribution is -0.137. The summed E-state index contributed by atoms with van der Waals surface area (Å²) in [6.45, 7) is 2.14. The summed E-state index contributed by atoms with van der Waals surface area (Å²) >= 11 is 0. The van der Waals surface area contributed by atoms with E-state index in [4.69, 9.17) is 5.11 Å². The summed E-state index contributed by atoms with van der Waals surface area (Å²) in [5.74, 6) is -0.715. The van der Waals surface area contributed by atoms with Crippen LogP contribution in [0.2, 0.25) is 0 Å². The molecule has 2 heteroatoms. The lowest BCUT2D eigenvalue weighted by Gasteiger charge is -1.89. The van der Waals surface area contributed by atoms with Gasteiger partial charge >= 0.3 is 5.97 Å². The zero-order valence-electron chi connectivity index (χ0n) is 13.8. The zero-order valence-corrected chi connectivity index (χ0v) is 13.8. The number of allylic oxidation sites excluding steroid dienone is 10. The molecule has 0 radical (unpaired) electrons. The van der Waals surface area contributed by atoms with E-state index in [1.165, 1.54) is 0 Å². The van der Waals surface area contributed by atoms with Gasteiger partial charge in [-0.15, -0.1) is 0 Å². The zero-order chi connectivity index (χ0) is 16.3. The molecular weight excluding hydrogens is 272 g/mol. The van der Waals surface area contributed by atoms with Crippen molar-refractivity contribution in [2.45, 2.75) is 58.3 Å². The average molecular weight is 302 g/mol. The van der Waals surface area contributed by atoms with Gasteiger partial charge in [-0.1, -0.05) is 67.7 Å². The van der Waals surface area contributed by atoms with Gasteiger partial charge in [0, 0.05) is 6.42 Å². The Morgan fingerprint density at radius 3 is 1.55 bits per heavy atom. The molecule has 0 aliphatic carbocycles. The Morgan fingerprint density at radius 1 is 0.727 bits per heavy atom. The van der Waals surface area contributed by atoms with Gasteiger partial charge in [-0.25, -0.2) is 0 Å². The molecule has 0 aromatic rings. The van der Waals surface area contributed by atoms with Crippen LogP contribution in [0.3, 0.4) is 0 Å². The molecule has 0 atom stereocenters. The monoisotopic (exact) mass is 302 g/mol. The molecule has 2 nitrogen and oxygen atoms in total.